The molecule has 1 aromatic heterocycles. The molecule has 0 saturated carbocycles. The van der Waals surface area contributed by atoms with Crippen LogP contribution in [0.25, 0.3) is 16.8 Å². The van der Waals surface area contributed by atoms with Crippen LogP contribution in [0.15, 0.2) is 42.7 Å². The Labute approximate surface area is 98.0 Å². The fourth-order valence-electron chi connectivity index (χ4n) is 1.49. The molecule has 0 unspecified atom stereocenters. The summed E-state index contributed by atoms with van der Waals surface area (Å²) < 4.78 is 0. The smallest absolute Gasteiger partial charge is 0.0346 e. The van der Waals surface area contributed by atoms with Gasteiger partial charge in [0.1, 0.15) is 0 Å². The summed E-state index contributed by atoms with van der Waals surface area (Å²) in [5.41, 5.74) is 1.25. The second-order valence-corrected chi connectivity index (χ2v) is 4.16. The van der Waals surface area contributed by atoms with Gasteiger partial charge < -0.3 is 0 Å². The highest BCUT2D eigenvalue weighted by molar-refractivity contribution is 9.09. The molecule has 0 aliphatic heterocycles. The Hall–Kier alpha value is -1.15. The predicted molar refractivity (Wildman–Crippen MR) is 69.2 cm³/mol. The number of halogens is 1. The molecule has 1 nitrogen and oxygen atoms in total. The zero-order valence-corrected chi connectivity index (χ0v) is 9.94. The number of nitrogens with zero attached hydrogens (tertiary/aromatic N) is 1. The maximum Gasteiger partial charge on any atom is 0.0346 e. The first-order valence-electron chi connectivity index (χ1n) is 4.96. The monoisotopic (exact) mass is 261 g/mol. The summed E-state index contributed by atoms with van der Waals surface area (Å²) in [6, 6.07) is 8.45. The SMILES string of the molecule is BrCCC=Cc1ccc2cnccc2c1. The summed E-state index contributed by atoms with van der Waals surface area (Å²) in [6.45, 7) is 0. The van der Waals surface area contributed by atoms with Crippen molar-refractivity contribution in [1.82, 2.24) is 4.98 Å². The number of aromatic nitrogens is 1. The number of hydrogen-bond donors (Lipinski definition) is 0. The minimum absolute atomic E-state index is 1.01. The number of allylic oxidation sites excluding steroid dienone is 1. The van der Waals surface area contributed by atoms with Crippen LogP contribution in [0.2, 0.25) is 0 Å². The van der Waals surface area contributed by atoms with Gasteiger partial charge in [-0.2, -0.15) is 0 Å². The van der Waals surface area contributed by atoms with Gasteiger partial charge in [-0.25, -0.2) is 0 Å². The molecule has 0 N–H and O–H groups in total. The number of benzene rings is 1. The minimum atomic E-state index is 1.01. The van der Waals surface area contributed by atoms with E-state index in [-0.39, 0.29) is 0 Å². The van der Waals surface area contributed by atoms with Crippen LogP contribution in [0.5, 0.6) is 0 Å². The first-order chi connectivity index (χ1) is 7.40. The number of hydrogen-bond acceptors (Lipinski definition) is 1. The highest BCUT2D eigenvalue weighted by atomic mass is 79.9. The number of alkyl halides is 1. The zero-order valence-electron chi connectivity index (χ0n) is 8.36. The molecular weight excluding hydrogens is 250 g/mol. The van der Waals surface area contributed by atoms with Crippen molar-refractivity contribution in [3.63, 3.8) is 0 Å². The molecule has 0 saturated heterocycles. The van der Waals surface area contributed by atoms with Gasteiger partial charge in [0.15, 0.2) is 0 Å². The van der Waals surface area contributed by atoms with Crippen molar-refractivity contribution in [2.24, 2.45) is 0 Å². The molecule has 0 fully saturated rings. The van der Waals surface area contributed by atoms with Crippen molar-refractivity contribution in [2.45, 2.75) is 6.42 Å². The van der Waals surface area contributed by atoms with Gasteiger partial charge in [0.2, 0.25) is 0 Å². The van der Waals surface area contributed by atoms with E-state index in [4.69, 9.17) is 0 Å². The Morgan fingerprint density at radius 1 is 1.20 bits per heavy atom. The van der Waals surface area contributed by atoms with Crippen LogP contribution in [0.1, 0.15) is 12.0 Å². The van der Waals surface area contributed by atoms with Gasteiger partial charge in [0.25, 0.3) is 0 Å². The van der Waals surface area contributed by atoms with Crippen LogP contribution in [0.4, 0.5) is 0 Å². The van der Waals surface area contributed by atoms with Crippen LogP contribution in [0.3, 0.4) is 0 Å². The Kier molecular flexibility index (Phi) is 3.51. The third-order valence-corrected chi connectivity index (χ3v) is 2.71. The lowest BCUT2D eigenvalue weighted by Gasteiger charge is -1.98. The van der Waals surface area contributed by atoms with E-state index in [9.17, 15) is 0 Å². The van der Waals surface area contributed by atoms with E-state index in [1.807, 2.05) is 18.5 Å². The maximum absolute atomic E-state index is 4.09. The molecule has 1 heterocycles. The fourth-order valence-corrected chi connectivity index (χ4v) is 1.75. The first-order valence-corrected chi connectivity index (χ1v) is 6.08. The minimum Gasteiger partial charge on any atom is -0.264 e. The van der Waals surface area contributed by atoms with Crippen LogP contribution in [-0.4, -0.2) is 10.3 Å². The van der Waals surface area contributed by atoms with Gasteiger partial charge in [-0.1, -0.05) is 40.2 Å². The standard InChI is InChI=1S/C13H12BrN/c14-7-2-1-3-11-4-5-13-10-15-8-6-12(13)9-11/h1,3-6,8-10H,2,7H2. The molecular formula is C13H12BrN. The fraction of sp³-hybridized carbons (Fsp3) is 0.154. The highest BCUT2D eigenvalue weighted by Gasteiger charge is 1.92. The lowest BCUT2D eigenvalue weighted by molar-refractivity contribution is 1.27. The molecule has 0 spiro atoms. The highest BCUT2D eigenvalue weighted by Crippen LogP contribution is 2.15. The molecule has 76 valence electrons. The summed E-state index contributed by atoms with van der Waals surface area (Å²) in [6.07, 6.45) is 9.11. The van der Waals surface area contributed by atoms with Crippen molar-refractivity contribution in [3.05, 3.63) is 48.3 Å². The summed E-state index contributed by atoms with van der Waals surface area (Å²) >= 11 is 3.40. The summed E-state index contributed by atoms with van der Waals surface area (Å²) in [7, 11) is 0. The number of pyridine rings is 1. The van der Waals surface area contributed by atoms with E-state index in [0.717, 1.165) is 11.8 Å². The Morgan fingerprint density at radius 2 is 2.13 bits per heavy atom. The molecule has 0 atom stereocenters. The van der Waals surface area contributed by atoms with Crippen molar-refractivity contribution in [3.8, 4) is 0 Å². The predicted octanol–water partition coefficient (Wildman–Crippen LogP) is 4.03. The number of fused-ring (bicyclic) bond motifs is 1. The Morgan fingerprint density at radius 3 is 3.00 bits per heavy atom. The van der Waals surface area contributed by atoms with E-state index in [1.54, 1.807) is 0 Å². The van der Waals surface area contributed by atoms with E-state index >= 15 is 0 Å². The van der Waals surface area contributed by atoms with Crippen molar-refractivity contribution in [1.29, 1.82) is 0 Å². The molecule has 0 aliphatic rings. The lowest BCUT2D eigenvalue weighted by atomic mass is 10.1. The van der Waals surface area contributed by atoms with Crippen molar-refractivity contribution in [2.75, 3.05) is 5.33 Å². The molecule has 0 amide bonds. The third kappa shape index (κ3) is 2.66. The van der Waals surface area contributed by atoms with Crippen LogP contribution in [-0.2, 0) is 0 Å². The van der Waals surface area contributed by atoms with Gasteiger partial charge in [-0.15, -0.1) is 0 Å². The lowest BCUT2D eigenvalue weighted by Crippen LogP contribution is -1.77. The Balaban J connectivity index is 2.30. The van der Waals surface area contributed by atoms with Gasteiger partial charge in [-0.3, -0.25) is 4.98 Å². The quantitative estimate of drug-likeness (QED) is 0.761. The van der Waals surface area contributed by atoms with E-state index < -0.39 is 0 Å². The average molecular weight is 262 g/mol. The van der Waals surface area contributed by atoms with Gasteiger partial charge in [0.05, 0.1) is 0 Å². The van der Waals surface area contributed by atoms with Gasteiger partial charge >= 0.3 is 0 Å². The van der Waals surface area contributed by atoms with E-state index in [0.29, 0.717) is 0 Å². The second-order valence-electron chi connectivity index (χ2n) is 3.36. The van der Waals surface area contributed by atoms with E-state index in [1.165, 1.54) is 16.3 Å². The van der Waals surface area contributed by atoms with E-state index in [2.05, 4.69) is 51.3 Å². The van der Waals surface area contributed by atoms with Crippen LogP contribution in [0, 0.1) is 0 Å². The largest absolute Gasteiger partial charge is 0.264 e. The number of rotatable bonds is 3. The maximum atomic E-state index is 4.09. The average Bonchev–Trinajstić information content (AvgIpc) is 2.29. The normalized spacial score (nSPS) is 11.3. The van der Waals surface area contributed by atoms with Crippen molar-refractivity contribution >= 4 is 32.8 Å². The molecule has 2 aromatic rings. The summed E-state index contributed by atoms with van der Waals surface area (Å²) in [5, 5.41) is 3.45. The third-order valence-electron chi connectivity index (χ3n) is 2.25. The Bertz CT molecular complexity index is 477. The molecule has 2 heteroatoms. The molecule has 0 radical (unpaired) electrons. The topological polar surface area (TPSA) is 12.9 Å². The van der Waals surface area contributed by atoms with Gasteiger partial charge in [0, 0.05) is 23.1 Å². The zero-order chi connectivity index (χ0) is 10.5. The summed E-state index contributed by atoms with van der Waals surface area (Å²) in [4.78, 5) is 4.09. The molecule has 15 heavy (non-hydrogen) atoms. The molecule has 0 aliphatic carbocycles. The second kappa shape index (κ2) is 5.08. The van der Waals surface area contributed by atoms with Gasteiger partial charge in [-0.05, 0) is 29.5 Å². The summed E-state index contributed by atoms with van der Waals surface area (Å²) in [5.74, 6) is 0. The molecule has 0 bridgehead atoms. The van der Waals surface area contributed by atoms with Crippen molar-refractivity contribution < 1.29 is 0 Å². The molecule has 1 aromatic carbocycles. The molecule has 2 rings (SSSR count). The van der Waals surface area contributed by atoms with Crippen LogP contribution >= 0.6 is 15.9 Å². The van der Waals surface area contributed by atoms with Crippen LogP contribution < -0.4 is 0 Å². The first kappa shape index (κ1) is 10.4.